The van der Waals surface area contributed by atoms with Gasteiger partial charge in [0.15, 0.2) is 0 Å². The van der Waals surface area contributed by atoms with Crippen molar-refractivity contribution in [3.63, 3.8) is 0 Å². The first-order chi connectivity index (χ1) is 8.67. The number of nitrogens with zero attached hydrogens (tertiary/aromatic N) is 1. The second-order valence-corrected chi connectivity index (χ2v) is 4.02. The van der Waals surface area contributed by atoms with Crippen LogP contribution < -0.4 is 15.5 Å². The number of carbonyl (C=O) groups excluding carboxylic acids is 1. The second-order valence-electron chi connectivity index (χ2n) is 4.02. The van der Waals surface area contributed by atoms with Crippen molar-refractivity contribution < 1.29 is 9.90 Å². The number of urea groups is 1. The van der Waals surface area contributed by atoms with Gasteiger partial charge in [0, 0.05) is 38.1 Å². The van der Waals surface area contributed by atoms with Crippen LogP contribution in [0.4, 0.5) is 16.2 Å². The van der Waals surface area contributed by atoms with E-state index in [1.807, 2.05) is 31.3 Å². The Morgan fingerprint density at radius 2 is 2.22 bits per heavy atom. The van der Waals surface area contributed by atoms with Gasteiger partial charge in [0.1, 0.15) is 0 Å². The highest BCUT2D eigenvalue weighted by Gasteiger charge is 2.03. The van der Waals surface area contributed by atoms with Crippen LogP contribution in [0.25, 0.3) is 0 Å². The molecular formula is C13H21N3O2. The summed E-state index contributed by atoms with van der Waals surface area (Å²) in [5.74, 6) is 0. The van der Waals surface area contributed by atoms with Gasteiger partial charge in [-0.25, -0.2) is 4.79 Å². The summed E-state index contributed by atoms with van der Waals surface area (Å²) in [5.41, 5.74) is 1.82. The van der Waals surface area contributed by atoms with Gasteiger partial charge in [0.25, 0.3) is 0 Å². The minimum atomic E-state index is -0.250. The molecule has 0 saturated carbocycles. The standard InChI is InChI=1S/C13H21N3O2/c1-3-16(2)12-7-4-6-11(10-12)15-13(18)14-8-5-9-17/h4,6-7,10,17H,3,5,8-9H2,1-2H3,(H2,14,15,18). The fourth-order valence-electron chi connectivity index (χ4n) is 1.46. The maximum Gasteiger partial charge on any atom is 0.319 e. The molecule has 5 heteroatoms. The Bertz CT molecular complexity index is 382. The van der Waals surface area contributed by atoms with Crippen molar-refractivity contribution in [2.45, 2.75) is 13.3 Å². The molecule has 2 amide bonds. The van der Waals surface area contributed by atoms with Gasteiger partial charge in [-0.15, -0.1) is 0 Å². The fraction of sp³-hybridized carbons (Fsp3) is 0.462. The number of rotatable bonds is 6. The van der Waals surface area contributed by atoms with E-state index in [1.165, 1.54) is 0 Å². The highest BCUT2D eigenvalue weighted by molar-refractivity contribution is 5.89. The molecule has 3 N–H and O–H groups in total. The molecule has 100 valence electrons. The third-order valence-electron chi connectivity index (χ3n) is 2.64. The Kier molecular flexibility index (Phi) is 6.00. The van der Waals surface area contributed by atoms with Crippen molar-refractivity contribution in [2.75, 3.05) is 37.0 Å². The van der Waals surface area contributed by atoms with Gasteiger partial charge in [-0.2, -0.15) is 0 Å². The van der Waals surface area contributed by atoms with Gasteiger partial charge < -0.3 is 20.6 Å². The molecular weight excluding hydrogens is 230 g/mol. The molecule has 0 saturated heterocycles. The number of carbonyl (C=O) groups is 1. The van der Waals surface area contributed by atoms with Crippen LogP contribution in [0.5, 0.6) is 0 Å². The molecule has 0 aromatic heterocycles. The van der Waals surface area contributed by atoms with Crippen molar-refractivity contribution in [1.82, 2.24) is 5.32 Å². The maximum absolute atomic E-state index is 11.5. The summed E-state index contributed by atoms with van der Waals surface area (Å²) >= 11 is 0. The minimum absolute atomic E-state index is 0.0804. The Hall–Kier alpha value is -1.75. The topological polar surface area (TPSA) is 64.6 Å². The van der Waals surface area contributed by atoms with E-state index in [2.05, 4.69) is 22.5 Å². The van der Waals surface area contributed by atoms with E-state index < -0.39 is 0 Å². The van der Waals surface area contributed by atoms with Gasteiger partial charge >= 0.3 is 6.03 Å². The highest BCUT2D eigenvalue weighted by atomic mass is 16.3. The largest absolute Gasteiger partial charge is 0.396 e. The number of hydrogen-bond acceptors (Lipinski definition) is 3. The maximum atomic E-state index is 11.5. The van der Waals surface area contributed by atoms with Crippen LogP contribution in [0.15, 0.2) is 24.3 Å². The SMILES string of the molecule is CCN(C)c1cccc(NC(=O)NCCCO)c1. The number of benzene rings is 1. The van der Waals surface area contributed by atoms with Gasteiger partial charge in [-0.05, 0) is 31.5 Å². The summed E-state index contributed by atoms with van der Waals surface area (Å²) in [6.07, 6.45) is 0.562. The first-order valence-electron chi connectivity index (χ1n) is 6.14. The molecule has 18 heavy (non-hydrogen) atoms. The first-order valence-corrected chi connectivity index (χ1v) is 6.14. The zero-order chi connectivity index (χ0) is 13.4. The summed E-state index contributed by atoms with van der Waals surface area (Å²) in [6, 6.07) is 7.43. The van der Waals surface area contributed by atoms with Crippen molar-refractivity contribution in [3.05, 3.63) is 24.3 Å². The number of hydrogen-bond donors (Lipinski definition) is 3. The molecule has 0 radical (unpaired) electrons. The number of aliphatic hydroxyl groups excluding tert-OH is 1. The molecule has 0 aliphatic carbocycles. The smallest absolute Gasteiger partial charge is 0.319 e. The monoisotopic (exact) mass is 251 g/mol. The number of aliphatic hydroxyl groups is 1. The quantitative estimate of drug-likeness (QED) is 0.674. The lowest BCUT2D eigenvalue weighted by atomic mass is 10.2. The van der Waals surface area contributed by atoms with Crippen LogP contribution in [0.1, 0.15) is 13.3 Å². The second kappa shape index (κ2) is 7.55. The molecule has 0 bridgehead atoms. The minimum Gasteiger partial charge on any atom is -0.396 e. The lowest BCUT2D eigenvalue weighted by molar-refractivity contribution is 0.249. The molecule has 1 aromatic carbocycles. The van der Waals surface area contributed by atoms with Crippen LogP contribution in [0.2, 0.25) is 0 Å². The summed E-state index contributed by atoms with van der Waals surface area (Å²) in [7, 11) is 2.00. The van der Waals surface area contributed by atoms with E-state index in [0.29, 0.717) is 13.0 Å². The molecule has 1 rings (SSSR count). The van der Waals surface area contributed by atoms with Crippen LogP contribution >= 0.6 is 0 Å². The van der Waals surface area contributed by atoms with Gasteiger partial charge in [0.2, 0.25) is 0 Å². The highest BCUT2D eigenvalue weighted by Crippen LogP contribution is 2.17. The van der Waals surface area contributed by atoms with Crippen molar-refractivity contribution in [3.8, 4) is 0 Å². The van der Waals surface area contributed by atoms with Crippen molar-refractivity contribution >= 4 is 17.4 Å². The molecule has 0 spiro atoms. The van der Waals surface area contributed by atoms with Crippen molar-refractivity contribution in [1.29, 1.82) is 0 Å². The van der Waals surface area contributed by atoms with Crippen molar-refractivity contribution in [2.24, 2.45) is 0 Å². The van der Waals surface area contributed by atoms with E-state index in [-0.39, 0.29) is 12.6 Å². The van der Waals surface area contributed by atoms with E-state index in [1.54, 1.807) is 0 Å². The molecule has 0 atom stereocenters. The number of anilines is 2. The van der Waals surface area contributed by atoms with E-state index in [4.69, 9.17) is 5.11 Å². The molecule has 0 aliphatic heterocycles. The van der Waals surface area contributed by atoms with Crippen LogP contribution in [-0.2, 0) is 0 Å². The Labute approximate surface area is 108 Å². The van der Waals surface area contributed by atoms with Gasteiger partial charge in [-0.1, -0.05) is 6.07 Å². The molecule has 5 nitrogen and oxygen atoms in total. The van der Waals surface area contributed by atoms with E-state index in [0.717, 1.165) is 17.9 Å². The average molecular weight is 251 g/mol. The number of amides is 2. The molecule has 1 aromatic rings. The lowest BCUT2D eigenvalue weighted by Crippen LogP contribution is -2.30. The Morgan fingerprint density at radius 1 is 1.44 bits per heavy atom. The Balaban J connectivity index is 2.53. The van der Waals surface area contributed by atoms with Crippen LogP contribution in [0, 0.1) is 0 Å². The average Bonchev–Trinajstić information content (AvgIpc) is 2.38. The van der Waals surface area contributed by atoms with Gasteiger partial charge in [-0.3, -0.25) is 0 Å². The zero-order valence-electron chi connectivity index (χ0n) is 10.9. The predicted molar refractivity (Wildman–Crippen MR) is 74.1 cm³/mol. The molecule has 0 aliphatic rings. The summed E-state index contributed by atoms with van der Waals surface area (Å²) in [6.45, 7) is 3.53. The summed E-state index contributed by atoms with van der Waals surface area (Å²) in [5, 5.41) is 14.0. The summed E-state index contributed by atoms with van der Waals surface area (Å²) in [4.78, 5) is 13.6. The number of nitrogens with one attached hydrogen (secondary N) is 2. The normalized spacial score (nSPS) is 9.94. The predicted octanol–water partition coefficient (Wildman–Crippen LogP) is 1.65. The Morgan fingerprint density at radius 3 is 2.89 bits per heavy atom. The molecule has 0 heterocycles. The summed E-state index contributed by atoms with van der Waals surface area (Å²) < 4.78 is 0. The van der Waals surface area contributed by atoms with E-state index >= 15 is 0 Å². The third-order valence-corrected chi connectivity index (χ3v) is 2.64. The molecule has 0 fully saturated rings. The first kappa shape index (κ1) is 14.3. The van der Waals surface area contributed by atoms with Crippen LogP contribution in [0.3, 0.4) is 0 Å². The lowest BCUT2D eigenvalue weighted by Gasteiger charge is -2.17. The third kappa shape index (κ3) is 4.63. The van der Waals surface area contributed by atoms with Gasteiger partial charge in [0.05, 0.1) is 0 Å². The zero-order valence-corrected chi connectivity index (χ0v) is 10.9. The van der Waals surface area contributed by atoms with Crippen LogP contribution in [-0.4, -0.2) is 37.9 Å². The van der Waals surface area contributed by atoms with E-state index in [9.17, 15) is 4.79 Å². The fourth-order valence-corrected chi connectivity index (χ4v) is 1.46. The molecule has 0 unspecified atom stereocenters.